The molecule has 2 heteroatoms. The average molecular weight is 222 g/mol. The molecule has 0 aromatic heterocycles. The van der Waals surface area contributed by atoms with E-state index < -0.39 is 0 Å². The topological polar surface area (TPSA) is 35.8 Å². The van der Waals surface area contributed by atoms with E-state index in [1.54, 1.807) is 0 Å². The fourth-order valence-electron chi connectivity index (χ4n) is 2.39. The van der Waals surface area contributed by atoms with Crippen LogP contribution in [-0.4, -0.2) is 5.54 Å². The summed E-state index contributed by atoms with van der Waals surface area (Å²) in [5, 5.41) is 15.1. The van der Waals surface area contributed by atoms with Gasteiger partial charge >= 0.3 is 0 Å². The van der Waals surface area contributed by atoms with Crippen LogP contribution >= 0.6 is 0 Å². The lowest BCUT2D eigenvalue weighted by molar-refractivity contribution is 0.357. The van der Waals surface area contributed by atoms with Crippen LogP contribution in [0.4, 0.5) is 5.69 Å². The summed E-state index contributed by atoms with van der Waals surface area (Å²) in [5.74, 6) is 0. The van der Waals surface area contributed by atoms with Crippen LogP contribution in [-0.2, 0) is 0 Å². The van der Waals surface area contributed by atoms with E-state index in [2.05, 4.69) is 35.7 Å². The van der Waals surface area contributed by atoms with Gasteiger partial charge in [-0.05, 0) is 30.7 Å². The standard InChI is InChI=1S/C15H14N2/c16-11-15(9-4-10-15)17-14-8-3-6-12-5-1-2-7-13(12)14/h1-3,5-8,17H,4,9-10H2. The third kappa shape index (κ3) is 1.64. The summed E-state index contributed by atoms with van der Waals surface area (Å²) in [5.41, 5.74) is 0.744. The molecule has 0 spiro atoms. The highest BCUT2D eigenvalue weighted by Gasteiger charge is 2.37. The van der Waals surface area contributed by atoms with Crippen molar-refractivity contribution in [2.45, 2.75) is 24.8 Å². The number of anilines is 1. The van der Waals surface area contributed by atoms with Crippen LogP contribution in [0.2, 0.25) is 0 Å². The Kier molecular flexibility index (Phi) is 2.26. The lowest BCUT2D eigenvalue weighted by Crippen LogP contribution is -2.43. The maximum absolute atomic E-state index is 9.26. The van der Waals surface area contributed by atoms with Crippen LogP contribution in [0.5, 0.6) is 0 Å². The maximum Gasteiger partial charge on any atom is 0.125 e. The van der Waals surface area contributed by atoms with Crippen molar-refractivity contribution in [3.8, 4) is 6.07 Å². The summed E-state index contributed by atoms with van der Waals surface area (Å²) in [6.07, 6.45) is 3.05. The lowest BCUT2D eigenvalue weighted by atomic mass is 9.78. The molecule has 2 aromatic carbocycles. The molecule has 0 unspecified atom stereocenters. The Hall–Kier alpha value is -2.01. The van der Waals surface area contributed by atoms with E-state index in [1.165, 1.54) is 10.8 Å². The molecule has 0 atom stereocenters. The monoisotopic (exact) mass is 222 g/mol. The van der Waals surface area contributed by atoms with Crippen LogP contribution in [0.3, 0.4) is 0 Å². The predicted octanol–water partition coefficient (Wildman–Crippen LogP) is 3.70. The SMILES string of the molecule is N#CC1(Nc2cccc3ccccc23)CCC1. The Morgan fingerprint density at radius 2 is 1.82 bits per heavy atom. The zero-order chi connectivity index (χ0) is 11.7. The first-order valence-corrected chi connectivity index (χ1v) is 6.00. The van der Waals surface area contributed by atoms with E-state index in [0.717, 1.165) is 24.9 Å². The largest absolute Gasteiger partial charge is 0.367 e. The van der Waals surface area contributed by atoms with Gasteiger partial charge in [0.15, 0.2) is 0 Å². The number of nitriles is 1. The number of benzene rings is 2. The molecule has 0 saturated heterocycles. The number of fused-ring (bicyclic) bond motifs is 1. The van der Waals surface area contributed by atoms with Gasteiger partial charge in [0, 0.05) is 11.1 Å². The summed E-state index contributed by atoms with van der Waals surface area (Å²) in [4.78, 5) is 0. The molecule has 1 saturated carbocycles. The van der Waals surface area contributed by atoms with E-state index in [-0.39, 0.29) is 5.54 Å². The van der Waals surface area contributed by atoms with Crippen molar-refractivity contribution in [3.05, 3.63) is 42.5 Å². The van der Waals surface area contributed by atoms with Crippen LogP contribution in [0.25, 0.3) is 10.8 Å². The molecule has 0 aliphatic heterocycles. The maximum atomic E-state index is 9.26. The fraction of sp³-hybridized carbons (Fsp3) is 0.267. The van der Waals surface area contributed by atoms with Crippen molar-refractivity contribution in [2.24, 2.45) is 0 Å². The number of rotatable bonds is 2. The Morgan fingerprint density at radius 3 is 2.53 bits per heavy atom. The van der Waals surface area contributed by atoms with Gasteiger partial charge in [0.25, 0.3) is 0 Å². The van der Waals surface area contributed by atoms with E-state index >= 15 is 0 Å². The van der Waals surface area contributed by atoms with Crippen LogP contribution in [0, 0.1) is 11.3 Å². The van der Waals surface area contributed by atoms with Crippen LogP contribution < -0.4 is 5.32 Å². The van der Waals surface area contributed by atoms with Crippen molar-refractivity contribution in [1.82, 2.24) is 0 Å². The molecule has 17 heavy (non-hydrogen) atoms. The van der Waals surface area contributed by atoms with Gasteiger partial charge in [0.1, 0.15) is 5.54 Å². The summed E-state index contributed by atoms with van der Waals surface area (Å²) < 4.78 is 0. The van der Waals surface area contributed by atoms with Gasteiger partial charge in [-0.3, -0.25) is 0 Å². The molecule has 3 rings (SSSR count). The van der Waals surface area contributed by atoms with E-state index in [1.807, 2.05) is 18.2 Å². The molecule has 1 aliphatic rings. The zero-order valence-corrected chi connectivity index (χ0v) is 9.61. The molecule has 1 aliphatic carbocycles. The molecule has 1 fully saturated rings. The van der Waals surface area contributed by atoms with E-state index in [4.69, 9.17) is 0 Å². The van der Waals surface area contributed by atoms with E-state index in [0.29, 0.717) is 0 Å². The first-order valence-electron chi connectivity index (χ1n) is 6.00. The normalized spacial score (nSPS) is 17.1. The van der Waals surface area contributed by atoms with Gasteiger partial charge in [-0.15, -0.1) is 0 Å². The highest BCUT2D eigenvalue weighted by Crippen LogP contribution is 2.36. The highest BCUT2D eigenvalue weighted by molar-refractivity contribution is 5.94. The van der Waals surface area contributed by atoms with Gasteiger partial charge in [-0.25, -0.2) is 0 Å². The van der Waals surface area contributed by atoms with Gasteiger partial charge in [-0.2, -0.15) is 5.26 Å². The van der Waals surface area contributed by atoms with Crippen molar-refractivity contribution < 1.29 is 0 Å². The van der Waals surface area contributed by atoms with Gasteiger partial charge in [0.05, 0.1) is 6.07 Å². The average Bonchev–Trinajstić information content (AvgIpc) is 2.34. The van der Waals surface area contributed by atoms with Crippen molar-refractivity contribution >= 4 is 16.5 Å². The van der Waals surface area contributed by atoms with Gasteiger partial charge < -0.3 is 5.32 Å². The second-order valence-electron chi connectivity index (χ2n) is 4.70. The molecule has 84 valence electrons. The third-order valence-electron chi connectivity index (χ3n) is 3.58. The molecule has 2 nitrogen and oxygen atoms in total. The van der Waals surface area contributed by atoms with Gasteiger partial charge in [0.2, 0.25) is 0 Å². The minimum atomic E-state index is -0.329. The third-order valence-corrected chi connectivity index (χ3v) is 3.58. The first kappa shape index (κ1) is 10.2. The molecular formula is C15H14N2. The minimum Gasteiger partial charge on any atom is -0.367 e. The molecule has 0 amide bonds. The Morgan fingerprint density at radius 1 is 1.06 bits per heavy atom. The van der Waals surface area contributed by atoms with E-state index in [9.17, 15) is 5.26 Å². The summed E-state index contributed by atoms with van der Waals surface area (Å²) >= 11 is 0. The number of nitrogens with zero attached hydrogens (tertiary/aromatic N) is 1. The first-order chi connectivity index (χ1) is 8.33. The molecule has 1 N–H and O–H groups in total. The summed E-state index contributed by atoms with van der Waals surface area (Å²) in [6, 6.07) is 16.9. The molecule has 0 heterocycles. The van der Waals surface area contributed by atoms with Crippen molar-refractivity contribution in [2.75, 3.05) is 5.32 Å². The zero-order valence-electron chi connectivity index (χ0n) is 9.61. The summed E-state index contributed by atoms with van der Waals surface area (Å²) in [7, 11) is 0. The molecule has 0 bridgehead atoms. The smallest absolute Gasteiger partial charge is 0.125 e. The second kappa shape index (κ2) is 3.78. The summed E-state index contributed by atoms with van der Waals surface area (Å²) in [6.45, 7) is 0. The van der Waals surface area contributed by atoms with Crippen molar-refractivity contribution in [1.29, 1.82) is 5.26 Å². The predicted molar refractivity (Wildman–Crippen MR) is 69.8 cm³/mol. The van der Waals surface area contributed by atoms with Crippen LogP contribution in [0.15, 0.2) is 42.5 Å². The minimum absolute atomic E-state index is 0.329. The number of hydrogen-bond acceptors (Lipinski definition) is 2. The number of nitrogens with one attached hydrogen (secondary N) is 1. The molecular weight excluding hydrogens is 208 g/mol. The molecule has 0 radical (unpaired) electrons. The lowest BCUT2D eigenvalue weighted by Gasteiger charge is -2.37. The van der Waals surface area contributed by atoms with Crippen molar-refractivity contribution in [3.63, 3.8) is 0 Å². The Bertz CT molecular complexity index is 586. The Balaban J connectivity index is 2.04. The Labute approximate surface area is 101 Å². The quantitative estimate of drug-likeness (QED) is 0.841. The second-order valence-corrected chi connectivity index (χ2v) is 4.70. The van der Waals surface area contributed by atoms with Gasteiger partial charge in [-0.1, -0.05) is 36.4 Å². The fourth-order valence-corrected chi connectivity index (χ4v) is 2.39. The van der Waals surface area contributed by atoms with Crippen LogP contribution in [0.1, 0.15) is 19.3 Å². The highest BCUT2D eigenvalue weighted by atomic mass is 15.0. The molecule has 2 aromatic rings. The number of hydrogen-bond donors (Lipinski definition) is 1.